The minimum atomic E-state index is -0.543. The summed E-state index contributed by atoms with van der Waals surface area (Å²) < 4.78 is 21.8. The molecular weight excluding hydrogens is 460 g/mol. The van der Waals surface area contributed by atoms with Crippen molar-refractivity contribution in [1.82, 2.24) is 19.9 Å². The van der Waals surface area contributed by atoms with Crippen LogP contribution in [0.4, 0.5) is 0 Å². The van der Waals surface area contributed by atoms with Crippen molar-refractivity contribution in [3.05, 3.63) is 58.9 Å². The van der Waals surface area contributed by atoms with Gasteiger partial charge in [0.1, 0.15) is 0 Å². The number of aromatic nitrogens is 2. The molecule has 0 spiro atoms. The zero-order valence-corrected chi connectivity index (χ0v) is 19.5. The third-order valence-electron chi connectivity index (χ3n) is 5.88. The molecule has 1 atom stereocenters. The second kappa shape index (κ2) is 10.7. The van der Waals surface area contributed by atoms with Crippen LogP contribution in [0.2, 0.25) is 5.02 Å². The fourth-order valence-corrected chi connectivity index (χ4v) is 4.18. The lowest BCUT2D eigenvalue weighted by Gasteiger charge is -2.34. The van der Waals surface area contributed by atoms with E-state index in [4.69, 9.17) is 30.3 Å². The van der Waals surface area contributed by atoms with Crippen molar-refractivity contribution < 1.29 is 23.8 Å². The van der Waals surface area contributed by atoms with Crippen LogP contribution >= 0.6 is 11.6 Å². The van der Waals surface area contributed by atoms with E-state index in [9.17, 15) is 5.11 Å². The number of halogens is 1. The van der Waals surface area contributed by atoms with E-state index < -0.39 is 6.10 Å². The maximum Gasteiger partial charge on any atom is 0.241 e. The quantitative estimate of drug-likeness (QED) is 0.490. The van der Waals surface area contributed by atoms with Gasteiger partial charge in [-0.2, -0.15) is 4.98 Å². The summed E-state index contributed by atoms with van der Waals surface area (Å²) in [6, 6.07) is 13.1. The molecule has 9 nitrogen and oxygen atoms in total. The number of hydrogen-bond donors (Lipinski definition) is 1. The number of rotatable bonds is 9. The normalized spacial score (nSPS) is 17.2. The fourth-order valence-electron chi connectivity index (χ4n) is 4.05. The molecule has 180 valence electrons. The van der Waals surface area contributed by atoms with Gasteiger partial charge < -0.3 is 23.8 Å². The van der Waals surface area contributed by atoms with E-state index in [1.807, 2.05) is 42.5 Å². The molecule has 3 aromatic rings. The van der Waals surface area contributed by atoms with Gasteiger partial charge in [-0.25, -0.2) is 0 Å². The minimum Gasteiger partial charge on any atom is -0.454 e. The summed E-state index contributed by atoms with van der Waals surface area (Å²) in [5.74, 6) is 2.65. The van der Waals surface area contributed by atoms with E-state index in [2.05, 4.69) is 19.9 Å². The highest BCUT2D eigenvalue weighted by atomic mass is 35.5. The van der Waals surface area contributed by atoms with E-state index in [1.165, 1.54) is 0 Å². The van der Waals surface area contributed by atoms with Crippen LogP contribution in [0.5, 0.6) is 11.5 Å². The van der Waals surface area contributed by atoms with Gasteiger partial charge in [-0.1, -0.05) is 22.8 Å². The second-order valence-electron chi connectivity index (χ2n) is 8.45. The number of piperazine rings is 1. The van der Waals surface area contributed by atoms with Crippen LogP contribution in [0.15, 0.2) is 47.0 Å². The molecule has 0 radical (unpaired) electrons. The Bertz CT molecular complexity index is 1090. The lowest BCUT2D eigenvalue weighted by atomic mass is 10.2. The number of ether oxygens (including phenoxy) is 3. The molecule has 2 aromatic carbocycles. The molecule has 1 aromatic heterocycles. The van der Waals surface area contributed by atoms with Gasteiger partial charge in [0.15, 0.2) is 11.5 Å². The zero-order chi connectivity index (χ0) is 23.3. The Labute approximate surface area is 202 Å². The summed E-state index contributed by atoms with van der Waals surface area (Å²) in [5.41, 5.74) is 1.87. The lowest BCUT2D eigenvalue weighted by molar-refractivity contribution is 0.000239. The molecule has 0 unspecified atom stereocenters. The van der Waals surface area contributed by atoms with E-state index in [-0.39, 0.29) is 13.4 Å². The average Bonchev–Trinajstić information content (AvgIpc) is 3.50. The maximum absolute atomic E-state index is 10.4. The number of hydrogen-bond acceptors (Lipinski definition) is 9. The summed E-state index contributed by atoms with van der Waals surface area (Å²) in [6.45, 7) is 5.59. The molecule has 5 rings (SSSR count). The van der Waals surface area contributed by atoms with Gasteiger partial charge in [0.25, 0.3) is 0 Å². The minimum absolute atomic E-state index is 0.255. The number of β-amino-alcohol motifs (C(OH)–C–C–N with tert-alkyl or cyclic N) is 1. The van der Waals surface area contributed by atoms with Gasteiger partial charge in [-0.3, -0.25) is 9.80 Å². The van der Waals surface area contributed by atoms with Crippen molar-refractivity contribution in [2.24, 2.45) is 0 Å². The number of benzene rings is 2. The number of nitrogens with zero attached hydrogens (tertiary/aromatic N) is 4. The summed E-state index contributed by atoms with van der Waals surface area (Å²) in [5, 5.41) is 15.1. The van der Waals surface area contributed by atoms with Crippen molar-refractivity contribution in [2.75, 3.05) is 46.1 Å². The first kappa shape index (κ1) is 23.1. The van der Waals surface area contributed by atoms with Crippen molar-refractivity contribution in [2.45, 2.75) is 19.3 Å². The second-order valence-corrected chi connectivity index (χ2v) is 8.89. The topological polar surface area (TPSA) is 93.3 Å². The Kier molecular flexibility index (Phi) is 7.27. The molecule has 2 aliphatic heterocycles. The van der Waals surface area contributed by atoms with Gasteiger partial charge in [-0.15, -0.1) is 0 Å². The largest absolute Gasteiger partial charge is 0.454 e. The highest BCUT2D eigenvalue weighted by Gasteiger charge is 2.21. The SMILES string of the molecule is O[C@H](COCc1ccc2c(c1)OCO2)CN1CCN(Cc2nc(-c3ccc(Cl)cc3)no2)CC1. The Morgan fingerprint density at radius 3 is 2.59 bits per heavy atom. The van der Waals surface area contributed by atoms with E-state index in [0.29, 0.717) is 36.4 Å². The fraction of sp³-hybridized carbons (Fsp3) is 0.417. The molecular formula is C24H27ClN4O5. The predicted octanol–water partition coefficient (Wildman–Crippen LogP) is 2.81. The van der Waals surface area contributed by atoms with Crippen LogP contribution in [0.25, 0.3) is 11.4 Å². The smallest absolute Gasteiger partial charge is 0.241 e. The monoisotopic (exact) mass is 486 g/mol. The van der Waals surface area contributed by atoms with Crippen LogP contribution in [-0.2, 0) is 17.9 Å². The maximum atomic E-state index is 10.4. The Morgan fingerprint density at radius 2 is 1.76 bits per heavy atom. The molecule has 1 saturated heterocycles. The Balaban J connectivity index is 1.01. The zero-order valence-electron chi connectivity index (χ0n) is 18.7. The Morgan fingerprint density at radius 1 is 1.00 bits per heavy atom. The molecule has 0 bridgehead atoms. The Hall–Kier alpha value is -2.69. The summed E-state index contributed by atoms with van der Waals surface area (Å²) in [7, 11) is 0. The highest BCUT2D eigenvalue weighted by Crippen LogP contribution is 2.32. The first-order chi connectivity index (χ1) is 16.6. The molecule has 3 heterocycles. The predicted molar refractivity (Wildman–Crippen MR) is 125 cm³/mol. The van der Waals surface area contributed by atoms with Gasteiger partial charge in [-0.05, 0) is 42.0 Å². The molecule has 0 aliphatic carbocycles. The third kappa shape index (κ3) is 5.86. The first-order valence-corrected chi connectivity index (χ1v) is 11.7. The van der Waals surface area contributed by atoms with E-state index in [1.54, 1.807) is 0 Å². The molecule has 34 heavy (non-hydrogen) atoms. The van der Waals surface area contributed by atoms with Crippen molar-refractivity contribution >= 4 is 11.6 Å². The van der Waals surface area contributed by atoms with Gasteiger partial charge in [0.2, 0.25) is 18.5 Å². The molecule has 10 heteroatoms. The lowest BCUT2D eigenvalue weighted by Crippen LogP contribution is -2.48. The van der Waals surface area contributed by atoms with Gasteiger partial charge in [0, 0.05) is 43.3 Å². The van der Waals surface area contributed by atoms with Crippen LogP contribution < -0.4 is 9.47 Å². The van der Waals surface area contributed by atoms with Gasteiger partial charge >= 0.3 is 0 Å². The standard InChI is InChI=1S/C24H27ClN4O5/c25-19-4-2-18(3-5-19)24-26-23(34-27-24)13-29-9-7-28(8-10-29)12-20(30)15-31-14-17-1-6-21-22(11-17)33-16-32-21/h1-6,11,20,30H,7-10,12-16H2/t20-/m0/s1. The van der Waals surface area contributed by atoms with Crippen LogP contribution in [0.3, 0.4) is 0 Å². The van der Waals surface area contributed by atoms with E-state index >= 15 is 0 Å². The molecule has 1 fully saturated rings. The number of fused-ring (bicyclic) bond motifs is 1. The van der Waals surface area contributed by atoms with Crippen molar-refractivity contribution in [1.29, 1.82) is 0 Å². The summed E-state index contributed by atoms with van der Waals surface area (Å²) in [4.78, 5) is 9.03. The number of aliphatic hydroxyl groups excluding tert-OH is 1. The van der Waals surface area contributed by atoms with Crippen LogP contribution in [-0.4, -0.2) is 77.3 Å². The first-order valence-electron chi connectivity index (χ1n) is 11.3. The number of aliphatic hydroxyl groups is 1. The molecule has 2 aliphatic rings. The third-order valence-corrected chi connectivity index (χ3v) is 6.13. The van der Waals surface area contributed by atoms with Crippen LogP contribution in [0.1, 0.15) is 11.5 Å². The van der Waals surface area contributed by atoms with Crippen LogP contribution in [0, 0.1) is 0 Å². The van der Waals surface area contributed by atoms with Crippen molar-refractivity contribution in [3.8, 4) is 22.9 Å². The van der Waals surface area contributed by atoms with Crippen molar-refractivity contribution in [3.63, 3.8) is 0 Å². The average molecular weight is 487 g/mol. The molecule has 0 saturated carbocycles. The summed E-state index contributed by atoms with van der Waals surface area (Å²) >= 11 is 5.94. The molecule has 0 amide bonds. The van der Waals surface area contributed by atoms with E-state index in [0.717, 1.165) is 48.8 Å². The van der Waals surface area contributed by atoms with Gasteiger partial charge in [0.05, 0.1) is 25.9 Å². The molecule has 1 N–H and O–H groups in total. The highest BCUT2D eigenvalue weighted by molar-refractivity contribution is 6.30. The summed E-state index contributed by atoms with van der Waals surface area (Å²) in [6.07, 6.45) is -0.543.